The minimum Gasteiger partial charge on any atom is -0.490 e. The van der Waals surface area contributed by atoms with Crippen LogP contribution >= 0.6 is 0 Å². The van der Waals surface area contributed by atoms with Crippen LogP contribution in [0.4, 0.5) is 0 Å². The fourth-order valence-corrected chi connectivity index (χ4v) is 2.21. The molecule has 1 unspecified atom stereocenters. The quantitative estimate of drug-likeness (QED) is 0.743. The molecule has 0 spiro atoms. The van der Waals surface area contributed by atoms with Crippen molar-refractivity contribution in [1.29, 1.82) is 0 Å². The SMILES string of the molecule is CCNCCCCC1Cc2ccccc2O1. The van der Waals surface area contributed by atoms with Gasteiger partial charge in [-0.15, -0.1) is 0 Å². The van der Waals surface area contributed by atoms with E-state index in [1.165, 1.54) is 24.8 Å². The number of unbranched alkanes of at least 4 members (excludes halogenated alkanes) is 1. The van der Waals surface area contributed by atoms with Gasteiger partial charge in [0.15, 0.2) is 0 Å². The van der Waals surface area contributed by atoms with Gasteiger partial charge in [0, 0.05) is 6.42 Å². The van der Waals surface area contributed by atoms with E-state index in [9.17, 15) is 0 Å². The van der Waals surface area contributed by atoms with Gasteiger partial charge in [-0.3, -0.25) is 0 Å². The molecule has 88 valence electrons. The molecule has 1 atom stereocenters. The Morgan fingerprint density at radius 1 is 1.31 bits per heavy atom. The van der Waals surface area contributed by atoms with Crippen molar-refractivity contribution in [2.75, 3.05) is 13.1 Å². The number of benzene rings is 1. The van der Waals surface area contributed by atoms with E-state index in [4.69, 9.17) is 4.74 Å². The monoisotopic (exact) mass is 219 g/mol. The summed E-state index contributed by atoms with van der Waals surface area (Å²) in [5, 5.41) is 3.35. The Morgan fingerprint density at radius 2 is 2.19 bits per heavy atom. The van der Waals surface area contributed by atoms with Crippen molar-refractivity contribution in [3.8, 4) is 5.75 Å². The molecule has 1 N–H and O–H groups in total. The number of nitrogens with one attached hydrogen (secondary N) is 1. The van der Waals surface area contributed by atoms with E-state index in [1.807, 2.05) is 6.07 Å². The second kappa shape index (κ2) is 5.90. The molecular formula is C14H21NO. The number of ether oxygens (including phenoxy) is 1. The highest BCUT2D eigenvalue weighted by Crippen LogP contribution is 2.29. The van der Waals surface area contributed by atoms with E-state index in [1.54, 1.807) is 0 Å². The summed E-state index contributed by atoms with van der Waals surface area (Å²) in [6.45, 7) is 4.36. The van der Waals surface area contributed by atoms with E-state index in [-0.39, 0.29) is 0 Å². The van der Waals surface area contributed by atoms with Gasteiger partial charge in [-0.25, -0.2) is 0 Å². The molecule has 0 bridgehead atoms. The Morgan fingerprint density at radius 3 is 3.00 bits per heavy atom. The van der Waals surface area contributed by atoms with E-state index < -0.39 is 0 Å². The van der Waals surface area contributed by atoms with E-state index in [0.717, 1.165) is 25.3 Å². The molecule has 1 aliphatic rings. The zero-order valence-electron chi connectivity index (χ0n) is 10.0. The van der Waals surface area contributed by atoms with Crippen LogP contribution in [0.15, 0.2) is 24.3 Å². The van der Waals surface area contributed by atoms with Gasteiger partial charge in [0.2, 0.25) is 0 Å². The molecule has 1 aromatic carbocycles. The molecule has 1 aliphatic heterocycles. The van der Waals surface area contributed by atoms with Crippen LogP contribution in [0, 0.1) is 0 Å². The highest BCUT2D eigenvalue weighted by molar-refractivity contribution is 5.37. The molecule has 2 heteroatoms. The van der Waals surface area contributed by atoms with Gasteiger partial charge in [-0.05, 0) is 44.0 Å². The molecule has 0 fully saturated rings. The minimum atomic E-state index is 0.416. The third kappa shape index (κ3) is 2.99. The van der Waals surface area contributed by atoms with Gasteiger partial charge in [-0.1, -0.05) is 25.1 Å². The molecule has 0 radical (unpaired) electrons. The van der Waals surface area contributed by atoms with Gasteiger partial charge >= 0.3 is 0 Å². The molecule has 2 rings (SSSR count). The second-order valence-corrected chi connectivity index (χ2v) is 4.40. The summed E-state index contributed by atoms with van der Waals surface area (Å²) in [7, 11) is 0. The van der Waals surface area contributed by atoms with Crippen molar-refractivity contribution < 1.29 is 4.74 Å². The number of fused-ring (bicyclic) bond motifs is 1. The first-order valence-corrected chi connectivity index (χ1v) is 6.35. The van der Waals surface area contributed by atoms with Crippen molar-refractivity contribution in [3.05, 3.63) is 29.8 Å². The van der Waals surface area contributed by atoms with Crippen LogP contribution in [0.3, 0.4) is 0 Å². The summed E-state index contributed by atoms with van der Waals surface area (Å²) in [5.41, 5.74) is 1.37. The predicted octanol–water partition coefficient (Wildman–Crippen LogP) is 2.77. The molecule has 0 saturated carbocycles. The third-order valence-electron chi connectivity index (χ3n) is 3.09. The molecule has 1 heterocycles. The normalized spacial score (nSPS) is 18.2. The van der Waals surface area contributed by atoms with Crippen molar-refractivity contribution in [2.45, 2.75) is 38.7 Å². The van der Waals surface area contributed by atoms with Gasteiger partial charge < -0.3 is 10.1 Å². The van der Waals surface area contributed by atoms with Crippen molar-refractivity contribution in [1.82, 2.24) is 5.32 Å². The molecule has 1 aromatic rings. The Labute approximate surface area is 98.0 Å². The lowest BCUT2D eigenvalue weighted by molar-refractivity contribution is 0.217. The molecular weight excluding hydrogens is 198 g/mol. The molecule has 0 aliphatic carbocycles. The molecule has 0 saturated heterocycles. The number of hydrogen-bond donors (Lipinski definition) is 1. The summed E-state index contributed by atoms with van der Waals surface area (Å²) < 4.78 is 5.89. The molecule has 16 heavy (non-hydrogen) atoms. The number of rotatable bonds is 6. The average Bonchev–Trinajstić information content (AvgIpc) is 2.71. The third-order valence-corrected chi connectivity index (χ3v) is 3.09. The summed E-state index contributed by atoms with van der Waals surface area (Å²) in [4.78, 5) is 0. The topological polar surface area (TPSA) is 21.3 Å². The lowest BCUT2D eigenvalue weighted by Gasteiger charge is -2.10. The maximum atomic E-state index is 5.89. The second-order valence-electron chi connectivity index (χ2n) is 4.40. The number of hydrogen-bond acceptors (Lipinski definition) is 2. The first kappa shape index (κ1) is 11.5. The van der Waals surface area contributed by atoms with Crippen molar-refractivity contribution in [2.24, 2.45) is 0 Å². The minimum absolute atomic E-state index is 0.416. The van der Waals surface area contributed by atoms with Crippen molar-refractivity contribution >= 4 is 0 Å². The average molecular weight is 219 g/mol. The van der Waals surface area contributed by atoms with Crippen LogP contribution in [0.2, 0.25) is 0 Å². The van der Waals surface area contributed by atoms with Crippen molar-refractivity contribution in [3.63, 3.8) is 0 Å². The lowest BCUT2D eigenvalue weighted by atomic mass is 10.1. The first-order valence-electron chi connectivity index (χ1n) is 6.35. The maximum Gasteiger partial charge on any atom is 0.123 e. The predicted molar refractivity (Wildman–Crippen MR) is 67.0 cm³/mol. The van der Waals surface area contributed by atoms with E-state index >= 15 is 0 Å². The Hall–Kier alpha value is -1.02. The molecule has 2 nitrogen and oxygen atoms in total. The lowest BCUT2D eigenvalue weighted by Crippen LogP contribution is -2.16. The van der Waals surface area contributed by atoms with E-state index in [0.29, 0.717) is 6.10 Å². The largest absolute Gasteiger partial charge is 0.490 e. The highest BCUT2D eigenvalue weighted by Gasteiger charge is 2.21. The first-order chi connectivity index (χ1) is 7.90. The van der Waals surface area contributed by atoms with Crippen LogP contribution in [0.5, 0.6) is 5.75 Å². The Kier molecular flexibility index (Phi) is 4.23. The molecule has 0 aromatic heterocycles. The summed E-state index contributed by atoms with van der Waals surface area (Å²) >= 11 is 0. The van der Waals surface area contributed by atoms with Crippen LogP contribution < -0.4 is 10.1 Å². The van der Waals surface area contributed by atoms with Crippen LogP contribution in [-0.2, 0) is 6.42 Å². The van der Waals surface area contributed by atoms with Crippen LogP contribution in [0.1, 0.15) is 31.7 Å². The Balaban J connectivity index is 1.67. The zero-order valence-corrected chi connectivity index (χ0v) is 10.0. The number of para-hydroxylation sites is 1. The summed E-state index contributed by atoms with van der Waals surface area (Å²) in [5.74, 6) is 1.10. The fraction of sp³-hybridized carbons (Fsp3) is 0.571. The zero-order chi connectivity index (χ0) is 11.2. The summed E-state index contributed by atoms with van der Waals surface area (Å²) in [6, 6.07) is 8.39. The maximum absolute atomic E-state index is 5.89. The van der Waals surface area contributed by atoms with Crippen LogP contribution in [0.25, 0.3) is 0 Å². The van der Waals surface area contributed by atoms with Gasteiger partial charge in [0.25, 0.3) is 0 Å². The highest BCUT2D eigenvalue weighted by atomic mass is 16.5. The Bertz CT molecular complexity index is 299. The van der Waals surface area contributed by atoms with Crippen LogP contribution in [-0.4, -0.2) is 19.2 Å². The van der Waals surface area contributed by atoms with Gasteiger partial charge in [0.1, 0.15) is 11.9 Å². The van der Waals surface area contributed by atoms with E-state index in [2.05, 4.69) is 30.4 Å². The van der Waals surface area contributed by atoms with Gasteiger partial charge in [0.05, 0.1) is 0 Å². The summed E-state index contributed by atoms with van der Waals surface area (Å²) in [6.07, 6.45) is 5.20. The molecule has 0 amide bonds. The smallest absolute Gasteiger partial charge is 0.123 e. The standard InChI is InChI=1S/C14H21NO/c1-2-15-10-6-5-8-13-11-12-7-3-4-9-14(12)16-13/h3-4,7,9,13,15H,2,5-6,8,10-11H2,1H3. The van der Waals surface area contributed by atoms with Gasteiger partial charge in [-0.2, -0.15) is 0 Å². The fourth-order valence-electron chi connectivity index (χ4n) is 2.21.